The van der Waals surface area contributed by atoms with Gasteiger partial charge in [0, 0.05) is 17.8 Å². The second kappa shape index (κ2) is 6.71. The third kappa shape index (κ3) is 3.81. The second-order valence-electron chi connectivity index (χ2n) is 3.42. The molecule has 0 aliphatic rings. The van der Waals surface area contributed by atoms with E-state index in [4.69, 9.17) is 10.6 Å². The lowest BCUT2D eigenvalue weighted by Crippen LogP contribution is -2.14. The maximum atomic E-state index is 5.76. The van der Waals surface area contributed by atoms with Gasteiger partial charge in [-0.2, -0.15) is 0 Å². The first kappa shape index (κ1) is 12.4. The van der Waals surface area contributed by atoms with Crippen molar-refractivity contribution < 1.29 is 4.84 Å². The summed E-state index contributed by atoms with van der Waals surface area (Å²) in [5.74, 6) is 0.413. The number of anilines is 1. The SMILES string of the molecule is CCCON=C(N)c1ccc(NCC)cc1. The van der Waals surface area contributed by atoms with E-state index < -0.39 is 0 Å². The largest absolute Gasteiger partial charge is 0.394 e. The third-order valence-corrected chi connectivity index (χ3v) is 2.02. The number of nitrogens with zero attached hydrogens (tertiary/aromatic N) is 1. The van der Waals surface area contributed by atoms with Crippen LogP contribution in [0.2, 0.25) is 0 Å². The summed E-state index contributed by atoms with van der Waals surface area (Å²) in [7, 11) is 0. The smallest absolute Gasteiger partial charge is 0.170 e. The Morgan fingerprint density at radius 3 is 2.56 bits per heavy atom. The van der Waals surface area contributed by atoms with Crippen molar-refractivity contribution in [2.24, 2.45) is 10.9 Å². The summed E-state index contributed by atoms with van der Waals surface area (Å²) >= 11 is 0. The van der Waals surface area contributed by atoms with Gasteiger partial charge >= 0.3 is 0 Å². The summed E-state index contributed by atoms with van der Waals surface area (Å²) in [5.41, 5.74) is 7.71. The first-order valence-electron chi connectivity index (χ1n) is 5.57. The van der Waals surface area contributed by atoms with Crippen LogP contribution in [0.4, 0.5) is 5.69 Å². The van der Waals surface area contributed by atoms with Crippen molar-refractivity contribution in [1.82, 2.24) is 0 Å². The predicted molar refractivity (Wildman–Crippen MR) is 67.6 cm³/mol. The van der Waals surface area contributed by atoms with Crippen molar-refractivity contribution in [3.05, 3.63) is 29.8 Å². The minimum absolute atomic E-state index is 0.413. The minimum atomic E-state index is 0.413. The van der Waals surface area contributed by atoms with Gasteiger partial charge in [0.15, 0.2) is 5.84 Å². The molecule has 0 atom stereocenters. The normalized spacial score (nSPS) is 11.2. The van der Waals surface area contributed by atoms with Crippen molar-refractivity contribution in [2.45, 2.75) is 20.3 Å². The number of benzene rings is 1. The van der Waals surface area contributed by atoms with E-state index in [9.17, 15) is 0 Å². The molecule has 1 aromatic carbocycles. The van der Waals surface area contributed by atoms with Crippen LogP contribution in [0.15, 0.2) is 29.4 Å². The molecule has 1 rings (SSSR count). The van der Waals surface area contributed by atoms with Crippen molar-refractivity contribution in [1.29, 1.82) is 0 Å². The zero-order valence-corrected chi connectivity index (χ0v) is 9.86. The lowest BCUT2D eigenvalue weighted by molar-refractivity contribution is 0.145. The number of hydrogen-bond donors (Lipinski definition) is 2. The molecule has 0 aliphatic heterocycles. The minimum Gasteiger partial charge on any atom is -0.394 e. The van der Waals surface area contributed by atoms with Crippen LogP contribution in [0.5, 0.6) is 0 Å². The van der Waals surface area contributed by atoms with Crippen molar-refractivity contribution >= 4 is 11.5 Å². The molecule has 0 heterocycles. The molecule has 0 spiro atoms. The summed E-state index contributed by atoms with van der Waals surface area (Å²) in [4.78, 5) is 5.02. The second-order valence-corrected chi connectivity index (χ2v) is 3.42. The fourth-order valence-electron chi connectivity index (χ4n) is 1.22. The Hall–Kier alpha value is -1.71. The summed E-state index contributed by atoms with van der Waals surface area (Å²) < 4.78 is 0. The maximum Gasteiger partial charge on any atom is 0.170 e. The van der Waals surface area contributed by atoms with Gasteiger partial charge < -0.3 is 15.9 Å². The third-order valence-electron chi connectivity index (χ3n) is 2.02. The monoisotopic (exact) mass is 221 g/mol. The van der Waals surface area contributed by atoms with Gasteiger partial charge in [0.1, 0.15) is 6.61 Å². The van der Waals surface area contributed by atoms with Gasteiger partial charge in [-0.1, -0.05) is 12.1 Å². The van der Waals surface area contributed by atoms with Crippen LogP contribution in [0.25, 0.3) is 0 Å². The van der Waals surface area contributed by atoms with Crippen molar-refractivity contribution in [2.75, 3.05) is 18.5 Å². The van der Waals surface area contributed by atoms with Gasteiger partial charge in [0.25, 0.3) is 0 Å². The first-order valence-corrected chi connectivity index (χ1v) is 5.57. The van der Waals surface area contributed by atoms with E-state index in [1.807, 2.05) is 31.2 Å². The van der Waals surface area contributed by atoms with Gasteiger partial charge in [0.2, 0.25) is 0 Å². The van der Waals surface area contributed by atoms with E-state index in [0.717, 1.165) is 24.2 Å². The Labute approximate surface area is 96.5 Å². The lowest BCUT2D eigenvalue weighted by Gasteiger charge is -2.04. The molecule has 0 saturated carbocycles. The standard InChI is InChI=1S/C12H19N3O/c1-3-9-16-15-12(13)10-5-7-11(8-6-10)14-4-2/h5-8,14H,3-4,9H2,1-2H3,(H2,13,15). The van der Waals surface area contributed by atoms with Crippen LogP contribution in [0.3, 0.4) is 0 Å². The molecule has 4 nitrogen and oxygen atoms in total. The number of rotatable bonds is 6. The van der Waals surface area contributed by atoms with Crippen LogP contribution >= 0.6 is 0 Å². The molecule has 0 bridgehead atoms. The van der Waals surface area contributed by atoms with Crippen LogP contribution in [-0.2, 0) is 4.84 Å². The highest BCUT2D eigenvalue weighted by Gasteiger charge is 1.98. The summed E-state index contributed by atoms with van der Waals surface area (Å²) in [5, 5.41) is 7.05. The Morgan fingerprint density at radius 1 is 1.31 bits per heavy atom. The highest BCUT2D eigenvalue weighted by molar-refractivity contribution is 5.97. The average molecular weight is 221 g/mol. The molecule has 0 unspecified atom stereocenters. The summed E-state index contributed by atoms with van der Waals surface area (Å²) in [6, 6.07) is 7.79. The fourth-order valence-corrected chi connectivity index (χ4v) is 1.22. The van der Waals surface area contributed by atoms with E-state index in [2.05, 4.69) is 17.4 Å². The number of nitrogens with two attached hydrogens (primary N) is 1. The van der Waals surface area contributed by atoms with Crippen LogP contribution < -0.4 is 11.1 Å². The molecule has 0 fully saturated rings. The Kier molecular flexibility index (Phi) is 5.19. The molecule has 88 valence electrons. The van der Waals surface area contributed by atoms with Gasteiger partial charge in [-0.15, -0.1) is 0 Å². The van der Waals surface area contributed by atoms with Gasteiger partial charge in [-0.25, -0.2) is 0 Å². The number of amidine groups is 1. The molecule has 1 aromatic rings. The molecular formula is C12H19N3O. The maximum absolute atomic E-state index is 5.76. The number of oxime groups is 1. The molecule has 0 aromatic heterocycles. The molecule has 0 saturated heterocycles. The highest BCUT2D eigenvalue weighted by Crippen LogP contribution is 2.08. The van der Waals surface area contributed by atoms with E-state index in [0.29, 0.717) is 12.4 Å². The van der Waals surface area contributed by atoms with Crippen LogP contribution in [0.1, 0.15) is 25.8 Å². The van der Waals surface area contributed by atoms with E-state index in [1.54, 1.807) is 0 Å². The van der Waals surface area contributed by atoms with E-state index in [1.165, 1.54) is 0 Å². The molecule has 0 amide bonds. The molecule has 4 heteroatoms. The van der Waals surface area contributed by atoms with Gasteiger partial charge in [-0.3, -0.25) is 0 Å². The molecule has 3 N–H and O–H groups in total. The topological polar surface area (TPSA) is 59.6 Å². The fraction of sp³-hybridized carbons (Fsp3) is 0.417. The molecule has 16 heavy (non-hydrogen) atoms. The van der Waals surface area contributed by atoms with E-state index in [-0.39, 0.29) is 0 Å². The van der Waals surface area contributed by atoms with Crippen molar-refractivity contribution in [3.63, 3.8) is 0 Å². The molecular weight excluding hydrogens is 202 g/mol. The van der Waals surface area contributed by atoms with Gasteiger partial charge in [-0.05, 0) is 37.6 Å². The first-order chi connectivity index (χ1) is 7.77. The summed E-state index contributed by atoms with van der Waals surface area (Å²) in [6.45, 7) is 5.58. The number of nitrogens with one attached hydrogen (secondary N) is 1. The average Bonchev–Trinajstić information content (AvgIpc) is 2.30. The van der Waals surface area contributed by atoms with Gasteiger partial charge in [0.05, 0.1) is 0 Å². The zero-order valence-electron chi connectivity index (χ0n) is 9.86. The quantitative estimate of drug-likeness (QED) is 0.335. The lowest BCUT2D eigenvalue weighted by atomic mass is 10.2. The number of hydrogen-bond acceptors (Lipinski definition) is 3. The summed E-state index contributed by atoms with van der Waals surface area (Å²) in [6.07, 6.45) is 0.927. The molecule has 0 radical (unpaired) electrons. The Morgan fingerprint density at radius 2 is 2.00 bits per heavy atom. The van der Waals surface area contributed by atoms with Crippen molar-refractivity contribution in [3.8, 4) is 0 Å². The van der Waals surface area contributed by atoms with Crippen LogP contribution in [-0.4, -0.2) is 19.0 Å². The zero-order chi connectivity index (χ0) is 11.8. The predicted octanol–water partition coefficient (Wildman–Crippen LogP) is 2.17. The Balaban J connectivity index is 2.62. The van der Waals surface area contributed by atoms with Crippen LogP contribution in [0, 0.1) is 0 Å². The Bertz CT molecular complexity index is 333. The molecule has 0 aliphatic carbocycles. The highest BCUT2D eigenvalue weighted by atomic mass is 16.6. The van der Waals surface area contributed by atoms with E-state index >= 15 is 0 Å².